The lowest BCUT2D eigenvalue weighted by atomic mass is 9.78. The first-order chi connectivity index (χ1) is 42.9. The number of aliphatic hydroxyl groups excluding tert-OH is 1. The van der Waals surface area contributed by atoms with E-state index < -0.39 is 89.8 Å². The summed E-state index contributed by atoms with van der Waals surface area (Å²) in [6.07, 6.45) is 13.7. The molecule has 5 N–H and O–H groups in total. The van der Waals surface area contributed by atoms with Gasteiger partial charge in [0.1, 0.15) is 29.8 Å². The fourth-order valence-corrected chi connectivity index (χ4v) is 17.0. The summed E-state index contributed by atoms with van der Waals surface area (Å²) >= 11 is 6.07. The zero-order chi connectivity index (χ0) is 67.6. The second-order valence-corrected chi connectivity index (χ2v) is 28.9. The molecule has 0 aromatic heterocycles. The number of amides is 4. The molecule has 20 nitrogen and oxygen atoms in total. The number of Topliss-reactive ketones (excluding diaryl/α,β-unsaturated/α-hetero) is 3. The van der Waals surface area contributed by atoms with Gasteiger partial charge in [0.25, 0.3) is 17.6 Å². The number of ether oxygens (including phenoxy) is 5. The Morgan fingerprint density at radius 1 is 0.791 bits per heavy atom. The van der Waals surface area contributed by atoms with E-state index in [1.54, 1.807) is 48.0 Å². The van der Waals surface area contributed by atoms with Gasteiger partial charge < -0.3 is 54.7 Å². The van der Waals surface area contributed by atoms with Crippen molar-refractivity contribution in [3.05, 3.63) is 63.9 Å². The number of carbonyl (C=O) groups excluding carboxylic acids is 9. The third-order valence-corrected chi connectivity index (χ3v) is 21.6. The van der Waals surface area contributed by atoms with E-state index in [1.807, 2.05) is 126 Å². The van der Waals surface area contributed by atoms with Gasteiger partial charge in [-0.05, 0) is 188 Å². The number of nitrogens with one attached hydrogen (secondary N) is 3. The number of nitrogens with zero attached hydrogens (tertiary/aromatic N) is 1. The first-order valence-corrected chi connectivity index (χ1v) is 35.4. The molecule has 1 aromatic rings. The summed E-state index contributed by atoms with van der Waals surface area (Å²) in [5.41, 5.74) is 2.50. The van der Waals surface area contributed by atoms with Gasteiger partial charge in [-0.1, -0.05) is 84.4 Å². The summed E-state index contributed by atoms with van der Waals surface area (Å²) in [5.74, 6) is -10.3. The maximum atomic E-state index is 14.7. The topological polar surface area (TPSA) is 280 Å². The summed E-state index contributed by atoms with van der Waals surface area (Å²) < 4.78 is 32.1. The zero-order valence-corrected chi connectivity index (χ0v) is 61.4. The predicted octanol–water partition coefficient (Wildman–Crippen LogP) is 11.1. The number of hydrogen-bond donors (Lipinski definition) is 5. The quantitative estimate of drug-likeness (QED) is 0.0359. The number of aliphatic hydroxyl groups is 2. The number of piperidine rings is 1. The van der Waals surface area contributed by atoms with Crippen LogP contribution in [0.1, 0.15) is 182 Å². The molecule has 3 fully saturated rings. The Balaban J connectivity index is 1.29. The third kappa shape index (κ3) is 21.8. The smallest absolute Gasteiger partial charge is 0.329 e. The van der Waals surface area contributed by atoms with Crippen LogP contribution < -0.4 is 16.0 Å². The summed E-state index contributed by atoms with van der Waals surface area (Å²) in [6, 6.07) is -1.20. The van der Waals surface area contributed by atoms with Crippen molar-refractivity contribution in [2.45, 2.75) is 220 Å². The fraction of sp³-hybridized carbons (Fsp3) is 0.662. The van der Waals surface area contributed by atoms with Crippen molar-refractivity contribution in [1.29, 1.82) is 0 Å². The molecule has 2 bridgehead atoms. The molecule has 3 heterocycles. The van der Waals surface area contributed by atoms with Crippen LogP contribution in [0.3, 0.4) is 0 Å². The van der Waals surface area contributed by atoms with Crippen molar-refractivity contribution in [3.63, 3.8) is 0 Å². The van der Waals surface area contributed by atoms with Crippen LogP contribution in [0.5, 0.6) is 0 Å². The van der Waals surface area contributed by atoms with E-state index in [9.17, 15) is 53.4 Å². The van der Waals surface area contributed by atoms with Crippen molar-refractivity contribution < 1.29 is 77.0 Å². The number of halogens is 3. The van der Waals surface area contributed by atoms with Crippen LogP contribution >= 0.6 is 67.8 Å². The summed E-state index contributed by atoms with van der Waals surface area (Å²) in [6.45, 7) is 17.5. The van der Waals surface area contributed by atoms with E-state index in [1.165, 1.54) is 18.7 Å². The number of hydrogen-bond acceptors (Lipinski definition) is 16. The van der Waals surface area contributed by atoms with E-state index in [0.717, 1.165) is 5.57 Å². The molecule has 2 saturated heterocycles. The number of benzene rings is 1. The predicted molar refractivity (Wildman–Crippen MR) is 371 cm³/mol. The second-order valence-electron chi connectivity index (χ2n) is 25.7. The molecule has 5 rings (SSSR count). The van der Waals surface area contributed by atoms with Gasteiger partial charge in [0.05, 0.1) is 52.1 Å². The van der Waals surface area contributed by atoms with Crippen LogP contribution in [-0.2, 0) is 62.0 Å². The number of ketones is 3. The average molecular weight is 1610 g/mol. The molecule has 506 valence electrons. The first kappa shape index (κ1) is 77.7. The summed E-state index contributed by atoms with van der Waals surface area (Å²) in [4.78, 5) is 124. The molecule has 3 aliphatic heterocycles. The Hall–Kier alpha value is -4.00. The molecule has 4 aliphatic rings. The monoisotopic (exact) mass is 1610 g/mol. The number of cyclic esters (lactones) is 1. The first-order valence-electron chi connectivity index (χ1n) is 32.1. The van der Waals surface area contributed by atoms with Crippen LogP contribution in [0.15, 0.2) is 47.6 Å². The number of rotatable bonds is 15. The molecule has 1 aliphatic carbocycles. The molecule has 0 radical (unpaired) electrons. The van der Waals surface area contributed by atoms with Gasteiger partial charge in [0.15, 0.2) is 0 Å². The highest BCUT2D eigenvalue weighted by atomic mass is 127. The Kier molecular flexibility index (Phi) is 31.4. The maximum absolute atomic E-state index is 14.7. The Labute approximate surface area is 578 Å². The summed E-state index contributed by atoms with van der Waals surface area (Å²) in [5, 5.41) is 32.1. The molecule has 0 unspecified atom stereocenters. The SMILES string of the molecule is CO[C@H]1C[C@@H]2CC[C@@H](C)[C@@](O)(O2)C(=O)C(=O)N2CCCC[C@H]2C(=O)O[C@H]([C@H](C)C[C@@H]2CC[C@@H](OC(=O)CCCCCNC(=O)c3c(I)c(NC(C)=O)c(I)c(NC(C)=O)c3I)[C@H](OC)C2)CC(=O)[C@H](C)/C=C(\C)[C@@H](O)[C@@H](C)C(=O)[C@H](C)C[C@H](C)/C=C/C=CC=C1C. The third-order valence-electron chi connectivity index (χ3n) is 18.3. The van der Waals surface area contributed by atoms with Crippen LogP contribution in [0.2, 0.25) is 0 Å². The van der Waals surface area contributed by atoms with Crippen molar-refractivity contribution >= 4 is 132 Å². The van der Waals surface area contributed by atoms with Crippen molar-refractivity contribution in [2.24, 2.45) is 41.4 Å². The normalized spacial score (nSPS) is 31.0. The minimum Gasteiger partial charge on any atom is -0.460 e. The van der Waals surface area contributed by atoms with E-state index in [-0.39, 0.29) is 78.8 Å². The fourth-order valence-electron chi connectivity index (χ4n) is 12.8. The van der Waals surface area contributed by atoms with Gasteiger partial charge >= 0.3 is 11.9 Å². The molecule has 23 heteroatoms. The molecule has 4 amide bonds. The number of carbonyl (C=O) groups is 9. The lowest BCUT2D eigenvalue weighted by Gasteiger charge is -2.42. The molecule has 1 saturated carbocycles. The molecule has 1 aromatic carbocycles. The molecule has 0 spiro atoms. The number of unbranched alkanes of at least 4 members (excludes halogenated alkanes) is 2. The Morgan fingerprint density at radius 2 is 1.46 bits per heavy atom. The van der Waals surface area contributed by atoms with Gasteiger partial charge in [-0.3, -0.25) is 38.4 Å². The van der Waals surface area contributed by atoms with Gasteiger partial charge in [-0.15, -0.1) is 0 Å². The van der Waals surface area contributed by atoms with Gasteiger partial charge in [0, 0.05) is 84.1 Å². The number of anilines is 2. The van der Waals surface area contributed by atoms with Crippen molar-refractivity contribution in [1.82, 2.24) is 10.2 Å². The van der Waals surface area contributed by atoms with Crippen LogP contribution in [-0.4, -0.2) is 144 Å². The van der Waals surface area contributed by atoms with E-state index in [4.69, 9.17) is 23.7 Å². The van der Waals surface area contributed by atoms with E-state index in [0.29, 0.717) is 123 Å². The highest BCUT2D eigenvalue weighted by molar-refractivity contribution is 14.1. The molecular weight excluding hydrogens is 1510 g/mol. The number of allylic oxidation sites excluding steroid dienone is 6. The number of fused-ring (bicyclic) bond motifs is 3. The minimum absolute atomic E-state index is 0.00733. The summed E-state index contributed by atoms with van der Waals surface area (Å²) in [7, 11) is 3.13. The highest BCUT2D eigenvalue weighted by Crippen LogP contribution is 2.41. The van der Waals surface area contributed by atoms with E-state index >= 15 is 0 Å². The zero-order valence-electron chi connectivity index (χ0n) is 55.0. The second kappa shape index (κ2) is 36.8. The molecular formula is C68H97I3N4O16. The highest BCUT2D eigenvalue weighted by Gasteiger charge is 2.53. The minimum atomic E-state index is -2.47. The van der Waals surface area contributed by atoms with Gasteiger partial charge in [-0.2, -0.15) is 0 Å². The average Bonchev–Trinajstić information content (AvgIpc) is 0.848. The molecule has 91 heavy (non-hydrogen) atoms. The lowest BCUT2D eigenvalue weighted by molar-refractivity contribution is -0.265. The maximum Gasteiger partial charge on any atom is 0.329 e. The van der Waals surface area contributed by atoms with Gasteiger partial charge in [-0.25, -0.2) is 4.79 Å². The van der Waals surface area contributed by atoms with Crippen LogP contribution in [0, 0.1) is 52.1 Å². The number of esters is 2. The van der Waals surface area contributed by atoms with Gasteiger partial charge in [0.2, 0.25) is 17.6 Å². The Bertz CT molecular complexity index is 2870. The largest absolute Gasteiger partial charge is 0.460 e. The van der Waals surface area contributed by atoms with Crippen LogP contribution in [0.4, 0.5) is 11.4 Å². The Morgan fingerprint density at radius 3 is 2.10 bits per heavy atom. The van der Waals surface area contributed by atoms with E-state index in [2.05, 4.69) is 16.0 Å². The van der Waals surface area contributed by atoms with Crippen molar-refractivity contribution in [2.75, 3.05) is 37.9 Å². The molecule has 15 atom stereocenters. The standard InChI is InChI=1S/C68H97I3N4O16/c1-37-21-15-13-16-22-38(2)52(87-11)35-48-27-25-43(7)68(86,91-48)64(82)66(84)75-30-20-18-23-49(75)67(85)90-53(36-50(78)39(3)32-42(6)63(81)44(8)62(80)41(5)31-37)40(4)33-47-26-28-51(54(34-47)88-12)89-55(79)24-17-14-19-29-72-65(83)56-57(69)60(73-45(9)76)59(71)61(58(56)70)74-46(10)77/h13,15-16,21-22,32,37,39-41,43-44,47-49,51-54,63,81,86H,14,17-20,23-31,33-36H2,1-12H3,(H,72,83)(H,73,76)(H,74,77)/b16-13?,21-15+,38-22?,42-32+/t37-,39-,40-,41-,43-,44+,47+,48+,49+,51-,52+,53+,54-,63-,68-/m1/s1. The number of methoxy groups -OCH3 is 2. The lowest BCUT2D eigenvalue weighted by Crippen LogP contribution is -2.61. The van der Waals surface area contributed by atoms with Crippen LogP contribution in [0.25, 0.3) is 0 Å². The van der Waals surface area contributed by atoms with Crippen molar-refractivity contribution in [3.8, 4) is 0 Å².